The van der Waals surface area contributed by atoms with Crippen molar-refractivity contribution in [2.45, 2.75) is 25.8 Å². The lowest BCUT2D eigenvalue weighted by Crippen LogP contribution is -2.41. The molecule has 0 unspecified atom stereocenters. The number of aromatic nitrogens is 2. The minimum absolute atomic E-state index is 0.0284. The van der Waals surface area contributed by atoms with Crippen LogP contribution in [-0.4, -0.2) is 45.2 Å². The fourth-order valence-electron chi connectivity index (χ4n) is 4.10. The molecule has 0 radical (unpaired) electrons. The smallest absolute Gasteiger partial charge is 0.317 e. The van der Waals surface area contributed by atoms with Crippen molar-refractivity contribution in [3.05, 3.63) is 35.2 Å². The number of carbonyl (C=O) groups is 2. The lowest BCUT2D eigenvalue weighted by molar-refractivity contribution is -0.149. The average molecular weight is 391 g/mol. The van der Waals surface area contributed by atoms with Gasteiger partial charge in [0.2, 0.25) is 11.7 Å². The molecule has 27 heavy (non-hydrogen) atoms. The Morgan fingerprint density at radius 3 is 2.85 bits per heavy atom. The van der Waals surface area contributed by atoms with Crippen molar-refractivity contribution >= 4 is 23.6 Å². The maximum atomic E-state index is 12.4. The van der Waals surface area contributed by atoms with Crippen molar-refractivity contribution < 1.29 is 19.2 Å². The Hall–Kier alpha value is -2.61. The molecule has 9 heteroatoms. The van der Waals surface area contributed by atoms with Gasteiger partial charge in [-0.1, -0.05) is 23.2 Å². The van der Waals surface area contributed by atoms with Crippen molar-refractivity contribution in [2.24, 2.45) is 11.3 Å². The van der Waals surface area contributed by atoms with Gasteiger partial charge >= 0.3 is 12.0 Å². The van der Waals surface area contributed by atoms with E-state index >= 15 is 0 Å². The van der Waals surface area contributed by atoms with Crippen LogP contribution in [0.1, 0.15) is 25.2 Å². The van der Waals surface area contributed by atoms with Crippen LogP contribution in [-0.2, 0) is 11.3 Å². The summed E-state index contributed by atoms with van der Waals surface area (Å²) in [5, 5.41) is 16.9. The van der Waals surface area contributed by atoms with Gasteiger partial charge in [-0.3, -0.25) is 4.79 Å². The van der Waals surface area contributed by atoms with E-state index in [2.05, 4.69) is 15.5 Å². The maximum absolute atomic E-state index is 12.4. The molecular weight excluding hydrogens is 372 g/mol. The molecule has 2 atom stereocenters. The molecule has 2 aromatic rings. The number of nitrogens with one attached hydrogen (secondary N) is 1. The molecule has 1 aliphatic carbocycles. The molecule has 1 aliphatic heterocycles. The van der Waals surface area contributed by atoms with Gasteiger partial charge in [0.15, 0.2) is 0 Å². The zero-order valence-electron chi connectivity index (χ0n) is 14.5. The first-order valence-corrected chi connectivity index (χ1v) is 9.20. The molecule has 2 N–H and O–H groups in total. The fourth-order valence-corrected chi connectivity index (χ4v) is 4.23. The van der Waals surface area contributed by atoms with Crippen LogP contribution in [0.3, 0.4) is 0 Å². The van der Waals surface area contributed by atoms with E-state index in [1.54, 1.807) is 29.2 Å². The summed E-state index contributed by atoms with van der Waals surface area (Å²) in [6.45, 7) is 0.803. The molecule has 1 aromatic carbocycles. The largest absolute Gasteiger partial charge is 0.481 e. The number of carboxylic acids is 1. The lowest BCUT2D eigenvalue weighted by Gasteiger charge is -2.23. The second-order valence-electron chi connectivity index (χ2n) is 7.11. The summed E-state index contributed by atoms with van der Waals surface area (Å²) >= 11 is 5.86. The minimum atomic E-state index is -0.801. The van der Waals surface area contributed by atoms with E-state index in [-0.39, 0.29) is 30.9 Å². The third kappa shape index (κ3) is 3.25. The molecule has 2 fully saturated rings. The molecule has 1 aromatic heterocycles. The first kappa shape index (κ1) is 17.8. The molecular formula is C18H19ClN4O4. The molecule has 1 saturated carbocycles. The second-order valence-corrected chi connectivity index (χ2v) is 7.54. The van der Waals surface area contributed by atoms with Crippen molar-refractivity contribution in [1.29, 1.82) is 0 Å². The number of likely N-dealkylation sites (tertiary alicyclic amines) is 1. The molecule has 1 saturated heterocycles. The van der Waals surface area contributed by atoms with Gasteiger partial charge in [-0.15, -0.1) is 0 Å². The highest BCUT2D eigenvalue weighted by Crippen LogP contribution is 2.48. The molecule has 0 spiro atoms. The van der Waals surface area contributed by atoms with Crippen LogP contribution in [0.4, 0.5) is 4.79 Å². The molecule has 2 aliphatic rings. The molecule has 142 valence electrons. The molecule has 4 rings (SSSR count). The Labute approximate surface area is 160 Å². The Balaban J connectivity index is 1.36. The predicted molar refractivity (Wildman–Crippen MR) is 96.0 cm³/mol. The topological polar surface area (TPSA) is 109 Å². The van der Waals surface area contributed by atoms with Crippen molar-refractivity contribution in [2.75, 3.05) is 13.1 Å². The summed E-state index contributed by atoms with van der Waals surface area (Å²) in [6.07, 6.45) is 2.39. The molecule has 2 heterocycles. The van der Waals surface area contributed by atoms with Crippen molar-refractivity contribution in [3.8, 4) is 11.4 Å². The summed E-state index contributed by atoms with van der Waals surface area (Å²) in [4.78, 5) is 30.0. The Morgan fingerprint density at radius 1 is 1.37 bits per heavy atom. The number of rotatable bonds is 4. The van der Waals surface area contributed by atoms with E-state index in [9.17, 15) is 14.7 Å². The highest BCUT2D eigenvalue weighted by Gasteiger charge is 2.55. The summed E-state index contributed by atoms with van der Waals surface area (Å²) in [7, 11) is 0. The van der Waals surface area contributed by atoms with Crippen LogP contribution in [0.15, 0.2) is 28.8 Å². The van der Waals surface area contributed by atoms with Gasteiger partial charge in [-0.2, -0.15) is 4.98 Å². The molecule has 2 amide bonds. The summed E-state index contributed by atoms with van der Waals surface area (Å²) in [5.74, 6) is -0.0810. The SMILES string of the molecule is O=C(NCc1nc(-c2ccc(Cl)cc2)no1)N1C[C@@H]2CCC[C@@]2(C(=O)O)C1. The number of amides is 2. The number of carboxylic acid groups (broad SMARTS) is 1. The minimum Gasteiger partial charge on any atom is -0.481 e. The van der Waals surface area contributed by atoms with Crippen molar-refractivity contribution in [1.82, 2.24) is 20.4 Å². The fraction of sp³-hybridized carbons (Fsp3) is 0.444. The first-order valence-electron chi connectivity index (χ1n) is 8.83. The number of benzene rings is 1. The summed E-state index contributed by atoms with van der Waals surface area (Å²) in [6, 6.07) is 6.72. The number of urea groups is 1. The highest BCUT2D eigenvalue weighted by molar-refractivity contribution is 6.30. The van der Waals surface area contributed by atoms with E-state index in [1.165, 1.54) is 0 Å². The molecule has 8 nitrogen and oxygen atoms in total. The second kappa shape index (κ2) is 6.84. The molecule has 0 bridgehead atoms. The summed E-state index contributed by atoms with van der Waals surface area (Å²) < 4.78 is 5.17. The number of aliphatic carboxylic acids is 1. The number of carbonyl (C=O) groups excluding carboxylic acids is 1. The zero-order valence-corrected chi connectivity index (χ0v) is 15.3. The normalized spacial score (nSPS) is 24.0. The van der Waals surface area contributed by atoms with Gasteiger partial charge in [-0.25, -0.2) is 4.79 Å². The first-order chi connectivity index (χ1) is 13.0. The van der Waals surface area contributed by atoms with E-state index in [4.69, 9.17) is 16.1 Å². The number of fused-ring (bicyclic) bond motifs is 1. The van der Waals surface area contributed by atoms with Gasteiger partial charge in [0.1, 0.15) is 0 Å². The van der Waals surface area contributed by atoms with Gasteiger partial charge in [0.05, 0.1) is 12.0 Å². The van der Waals surface area contributed by atoms with E-state index < -0.39 is 11.4 Å². The number of nitrogens with zero attached hydrogens (tertiary/aromatic N) is 3. The highest BCUT2D eigenvalue weighted by atomic mass is 35.5. The third-order valence-corrected chi connectivity index (χ3v) is 5.80. The zero-order chi connectivity index (χ0) is 19.0. The predicted octanol–water partition coefficient (Wildman–Crippen LogP) is 2.79. The average Bonchev–Trinajstić information content (AvgIpc) is 3.34. The van der Waals surface area contributed by atoms with Crippen molar-refractivity contribution in [3.63, 3.8) is 0 Å². The number of hydrogen-bond acceptors (Lipinski definition) is 5. The third-order valence-electron chi connectivity index (χ3n) is 5.55. The Kier molecular flexibility index (Phi) is 4.51. The van der Waals surface area contributed by atoms with Crippen LogP contribution in [0.2, 0.25) is 5.02 Å². The lowest BCUT2D eigenvalue weighted by atomic mass is 9.81. The van der Waals surface area contributed by atoms with Crippen LogP contribution in [0, 0.1) is 11.3 Å². The van der Waals surface area contributed by atoms with E-state index in [0.717, 1.165) is 18.4 Å². The van der Waals surface area contributed by atoms with Gasteiger partial charge in [-0.05, 0) is 43.0 Å². The Bertz CT molecular complexity index is 869. The quantitative estimate of drug-likeness (QED) is 0.830. The maximum Gasteiger partial charge on any atom is 0.317 e. The standard InChI is InChI=1S/C18H19ClN4O4/c19-13-5-3-11(4-6-13)15-21-14(27-22-15)8-20-17(26)23-9-12-2-1-7-18(12,10-23)16(24)25/h3-6,12H,1-2,7-10H2,(H,20,26)(H,24,25)/t12-,18+/m0/s1. The van der Waals surface area contributed by atoms with Gasteiger partial charge in [0.25, 0.3) is 0 Å². The van der Waals surface area contributed by atoms with Crippen LogP contribution in [0.5, 0.6) is 0 Å². The summed E-state index contributed by atoms with van der Waals surface area (Å²) in [5.41, 5.74) is -0.0275. The van der Waals surface area contributed by atoms with E-state index in [0.29, 0.717) is 23.8 Å². The van der Waals surface area contributed by atoms with E-state index in [1.807, 2.05) is 0 Å². The van der Waals surface area contributed by atoms with Crippen LogP contribution in [0.25, 0.3) is 11.4 Å². The Morgan fingerprint density at radius 2 is 2.15 bits per heavy atom. The number of halogens is 1. The van der Waals surface area contributed by atoms with Gasteiger partial charge in [0, 0.05) is 23.7 Å². The van der Waals surface area contributed by atoms with Gasteiger partial charge < -0.3 is 19.8 Å². The number of hydrogen-bond donors (Lipinski definition) is 2. The monoisotopic (exact) mass is 390 g/mol. The van der Waals surface area contributed by atoms with Crippen LogP contribution < -0.4 is 5.32 Å². The van der Waals surface area contributed by atoms with Crippen LogP contribution >= 0.6 is 11.6 Å².